The van der Waals surface area contributed by atoms with Crippen molar-refractivity contribution < 1.29 is 8.42 Å². The summed E-state index contributed by atoms with van der Waals surface area (Å²) in [6, 6.07) is 0.478. The molecule has 1 aliphatic rings. The highest BCUT2D eigenvalue weighted by molar-refractivity contribution is 7.91. The Hall–Kier alpha value is -0.0900. The van der Waals surface area contributed by atoms with Crippen LogP contribution in [-0.2, 0) is 9.84 Å². The average Bonchev–Trinajstić information content (AvgIpc) is 2.36. The van der Waals surface area contributed by atoms with Gasteiger partial charge in [-0.15, -0.1) is 0 Å². The Morgan fingerprint density at radius 2 is 1.78 bits per heavy atom. The van der Waals surface area contributed by atoms with Gasteiger partial charge in [-0.1, -0.05) is 40.0 Å². The normalized spacial score (nSPS) is 20.2. The molecule has 0 atom stereocenters. The predicted octanol–water partition coefficient (Wildman–Crippen LogP) is 2.76. The van der Waals surface area contributed by atoms with Crippen LogP contribution < -0.4 is 5.32 Å². The van der Waals surface area contributed by atoms with Gasteiger partial charge in [0.1, 0.15) is 9.84 Å². The van der Waals surface area contributed by atoms with Crippen molar-refractivity contribution in [2.75, 3.05) is 18.1 Å². The molecule has 1 fully saturated rings. The van der Waals surface area contributed by atoms with E-state index >= 15 is 0 Å². The van der Waals surface area contributed by atoms with E-state index in [1.54, 1.807) is 6.92 Å². The van der Waals surface area contributed by atoms with Crippen molar-refractivity contribution >= 4 is 9.84 Å². The Kier molecular flexibility index (Phi) is 6.12. The molecular weight excluding hydrogens is 246 g/mol. The Balaban J connectivity index is 2.59. The highest BCUT2D eigenvalue weighted by atomic mass is 32.2. The van der Waals surface area contributed by atoms with Gasteiger partial charge in [-0.3, -0.25) is 0 Å². The summed E-state index contributed by atoms with van der Waals surface area (Å²) in [5.74, 6) is 0.643. The minimum Gasteiger partial charge on any atom is -0.314 e. The van der Waals surface area contributed by atoms with Crippen LogP contribution in [0.5, 0.6) is 0 Å². The summed E-state index contributed by atoms with van der Waals surface area (Å²) in [6.07, 6.45) is 7.03. The Bertz CT molecular complexity index is 330. The molecule has 0 radical (unpaired) electrons. The zero-order chi connectivity index (χ0) is 13.6. The highest BCUT2D eigenvalue weighted by Crippen LogP contribution is 2.39. The summed E-state index contributed by atoms with van der Waals surface area (Å²) in [6.45, 7) is 7.03. The molecule has 0 aromatic carbocycles. The number of sulfone groups is 1. The fraction of sp³-hybridized carbons (Fsp3) is 1.00. The monoisotopic (exact) mass is 275 g/mol. The second kappa shape index (κ2) is 6.90. The van der Waals surface area contributed by atoms with E-state index in [4.69, 9.17) is 0 Å². The molecule has 0 aromatic heterocycles. The quantitative estimate of drug-likeness (QED) is 0.777. The van der Waals surface area contributed by atoms with E-state index in [-0.39, 0.29) is 11.2 Å². The van der Waals surface area contributed by atoms with E-state index in [2.05, 4.69) is 19.2 Å². The molecule has 0 saturated heterocycles. The van der Waals surface area contributed by atoms with Crippen molar-refractivity contribution in [3.63, 3.8) is 0 Å². The van der Waals surface area contributed by atoms with Crippen LogP contribution >= 0.6 is 0 Å². The smallest absolute Gasteiger partial charge is 0.150 e. The molecule has 1 rings (SSSR count). The van der Waals surface area contributed by atoms with E-state index in [1.807, 2.05) is 0 Å². The van der Waals surface area contributed by atoms with Gasteiger partial charge in [-0.25, -0.2) is 8.42 Å². The minimum atomic E-state index is -2.82. The van der Waals surface area contributed by atoms with Crippen molar-refractivity contribution in [2.45, 2.75) is 65.3 Å². The van der Waals surface area contributed by atoms with E-state index in [9.17, 15) is 8.42 Å². The molecule has 108 valence electrons. The molecule has 18 heavy (non-hydrogen) atoms. The molecule has 0 aliphatic heterocycles. The van der Waals surface area contributed by atoms with Gasteiger partial charge in [0.05, 0.1) is 5.75 Å². The van der Waals surface area contributed by atoms with Crippen molar-refractivity contribution in [3.8, 4) is 0 Å². The molecule has 0 spiro atoms. The van der Waals surface area contributed by atoms with Crippen LogP contribution in [0.25, 0.3) is 0 Å². The largest absolute Gasteiger partial charge is 0.314 e. The molecule has 4 heteroatoms. The molecule has 0 bridgehead atoms. The first-order valence-electron chi connectivity index (χ1n) is 7.33. The number of nitrogens with one attached hydrogen (secondary N) is 1. The zero-order valence-corrected chi connectivity index (χ0v) is 13.0. The van der Waals surface area contributed by atoms with Crippen molar-refractivity contribution in [1.29, 1.82) is 0 Å². The van der Waals surface area contributed by atoms with Gasteiger partial charge in [0.25, 0.3) is 0 Å². The number of hydrogen-bond donors (Lipinski definition) is 1. The van der Waals surface area contributed by atoms with Crippen molar-refractivity contribution in [2.24, 2.45) is 5.41 Å². The summed E-state index contributed by atoms with van der Waals surface area (Å²) in [4.78, 5) is 0. The lowest BCUT2D eigenvalue weighted by Crippen LogP contribution is -2.40. The average molecular weight is 275 g/mol. The molecule has 1 N–H and O–H groups in total. The van der Waals surface area contributed by atoms with E-state index in [1.165, 1.54) is 32.1 Å². The molecule has 0 heterocycles. The van der Waals surface area contributed by atoms with Crippen LogP contribution in [0.3, 0.4) is 0 Å². The number of hydrogen-bond acceptors (Lipinski definition) is 3. The molecule has 0 aromatic rings. The van der Waals surface area contributed by atoms with E-state index < -0.39 is 9.84 Å². The summed E-state index contributed by atoms with van der Waals surface area (Å²) < 4.78 is 23.4. The lowest BCUT2D eigenvalue weighted by molar-refractivity contribution is 0.171. The van der Waals surface area contributed by atoms with E-state index in [0.29, 0.717) is 11.8 Å². The first kappa shape index (κ1) is 16.0. The Labute approximate surface area is 113 Å². The van der Waals surface area contributed by atoms with Gasteiger partial charge in [0.2, 0.25) is 0 Å². The third-order valence-electron chi connectivity index (χ3n) is 4.18. The maximum absolute atomic E-state index is 11.7. The lowest BCUT2D eigenvalue weighted by atomic mass is 9.72. The summed E-state index contributed by atoms with van der Waals surface area (Å²) in [7, 11) is -2.82. The lowest BCUT2D eigenvalue weighted by Gasteiger charge is -2.38. The van der Waals surface area contributed by atoms with Crippen LogP contribution in [-0.4, -0.2) is 32.5 Å². The fourth-order valence-corrected chi connectivity index (χ4v) is 3.79. The third-order valence-corrected chi connectivity index (χ3v) is 5.89. The van der Waals surface area contributed by atoms with Crippen LogP contribution in [0.4, 0.5) is 0 Å². The third kappa shape index (κ3) is 5.27. The SMILES string of the molecule is CCS(=O)(=O)CCC1(CNC(C)C)CCCCC1. The maximum atomic E-state index is 11.7. The molecule has 0 amide bonds. The maximum Gasteiger partial charge on any atom is 0.150 e. The first-order chi connectivity index (χ1) is 8.39. The van der Waals surface area contributed by atoms with Crippen LogP contribution in [0.1, 0.15) is 59.3 Å². The molecule has 0 unspecified atom stereocenters. The summed E-state index contributed by atoms with van der Waals surface area (Å²) in [5.41, 5.74) is 0.227. The van der Waals surface area contributed by atoms with Gasteiger partial charge < -0.3 is 5.32 Å². The van der Waals surface area contributed by atoms with Gasteiger partial charge in [-0.05, 0) is 24.7 Å². The van der Waals surface area contributed by atoms with E-state index in [0.717, 1.165) is 13.0 Å². The Morgan fingerprint density at radius 3 is 2.28 bits per heavy atom. The van der Waals surface area contributed by atoms with Gasteiger partial charge in [0, 0.05) is 18.3 Å². The highest BCUT2D eigenvalue weighted by Gasteiger charge is 2.32. The van der Waals surface area contributed by atoms with Gasteiger partial charge in [-0.2, -0.15) is 0 Å². The molecule has 1 saturated carbocycles. The Morgan fingerprint density at radius 1 is 1.17 bits per heavy atom. The number of rotatable bonds is 7. The van der Waals surface area contributed by atoms with Crippen LogP contribution in [0, 0.1) is 5.41 Å². The van der Waals surface area contributed by atoms with Gasteiger partial charge in [0.15, 0.2) is 0 Å². The fourth-order valence-electron chi connectivity index (χ4n) is 2.75. The zero-order valence-electron chi connectivity index (χ0n) is 12.2. The van der Waals surface area contributed by atoms with Crippen LogP contribution in [0.2, 0.25) is 0 Å². The topological polar surface area (TPSA) is 46.2 Å². The second-order valence-corrected chi connectivity index (χ2v) is 8.56. The van der Waals surface area contributed by atoms with Crippen molar-refractivity contribution in [1.82, 2.24) is 5.32 Å². The molecule has 3 nitrogen and oxygen atoms in total. The summed E-state index contributed by atoms with van der Waals surface area (Å²) in [5, 5.41) is 3.52. The van der Waals surface area contributed by atoms with Gasteiger partial charge >= 0.3 is 0 Å². The molecular formula is C14H29NO2S. The minimum absolute atomic E-state index is 0.227. The predicted molar refractivity (Wildman–Crippen MR) is 77.6 cm³/mol. The van der Waals surface area contributed by atoms with Crippen molar-refractivity contribution in [3.05, 3.63) is 0 Å². The van der Waals surface area contributed by atoms with Crippen LogP contribution in [0.15, 0.2) is 0 Å². The molecule has 1 aliphatic carbocycles. The second-order valence-electron chi connectivity index (χ2n) is 6.08. The standard InChI is InChI=1S/C14H29NO2S/c1-4-18(16,17)11-10-14(12-15-13(2)3)8-6-5-7-9-14/h13,15H,4-12H2,1-3H3. The summed E-state index contributed by atoms with van der Waals surface area (Å²) >= 11 is 0. The first-order valence-corrected chi connectivity index (χ1v) is 9.15.